The van der Waals surface area contributed by atoms with E-state index in [-0.39, 0.29) is 0 Å². The Balaban J connectivity index is 1.78. The third-order valence-electron chi connectivity index (χ3n) is 5.02. The van der Waals surface area contributed by atoms with Gasteiger partial charge in [-0.05, 0) is 38.0 Å². The van der Waals surface area contributed by atoms with E-state index < -0.39 is 0 Å². The lowest BCUT2D eigenvalue weighted by Gasteiger charge is -2.19. The highest BCUT2D eigenvalue weighted by Gasteiger charge is 2.09. The van der Waals surface area contributed by atoms with Gasteiger partial charge in [-0.3, -0.25) is 4.99 Å². The molecule has 1 unspecified atom stereocenters. The largest absolute Gasteiger partial charge is 0.361 e. The Morgan fingerprint density at radius 2 is 1.54 bits per heavy atom. The maximum absolute atomic E-state index is 4.29. The molecule has 1 rings (SSSR count). The third kappa shape index (κ3) is 12.6. The fourth-order valence-electron chi connectivity index (χ4n) is 3.43. The highest BCUT2D eigenvalue weighted by Crippen LogP contribution is 2.13. The number of nitrogens with zero attached hydrogens (tertiary/aromatic N) is 2. The quantitative estimate of drug-likeness (QED) is 0.229. The summed E-state index contributed by atoms with van der Waals surface area (Å²) in [5.74, 6) is 0.812. The van der Waals surface area contributed by atoms with Gasteiger partial charge in [0, 0.05) is 13.1 Å². The number of rotatable bonds is 16. The van der Waals surface area contributed by atoms with Crippen molar-refractivity contribution in [3.8, 4) is 0 Å². The summed E-state index contributed by atoms with van der Waals surface area (Å²) >= 11 is 0. The first-order valence-corrected chi connectivity index (χ1v) is 10.7. The third-order valence-corrected chi connectivity index (χ3v) is 5.02. The average molecular weight is 335 g/mol. The molecule has 2 heteroatoms. The second-order valence-electron chi connectivity index (χ2n) is 7.64. The van der Waals surface area contributed by atoms with Crippen LogP contribution in [0.2, 0.25) is 0 Å². The minimum atomic E-state index is 0.812. The Morgan fingerprint density at radius 3 is 2.17 bits per heavy atom. The number of allylic oxidation sites excluding steroid dienone is 2. The number of hydrogen-bond donors (Lipinski definition) is 0. The van der Waals surface area contributed by atoms with Gasteiger partial charge in [0.05, 0.1) is 12.9 Å². The molecule has 1 heterocycles. The molecule has 0 saturated heterocycles. The highest BCUT2D eigenvalue weighted by atomic mass is 15.2. The zero-order chi connectivity index (χ0) is 17.3. The summed E-state index contributed by atoms with van der Waals surface area (Å²) < 4.78 is 0. The summed E-state index contributed by atoms with van der Waals surface area (Å²) in [7, 11) is 0. The van der Waals surface area contributed by atoms with Gasteiger partial charge in [-0.1, -0.05) is 77.4 Å². The number of hydrogen-bond acceptors (Lipinski definition) is 2. The standard InChI is InChI=1S/C22H42N2/c1-3-4-5-6-7-8-9-10-11-12-13-14-15-16-17-22(2)20-24-19-18-23-21-24/h10-11,21-22H,3-9,12-20H2,1-2H3/b11-10-. The molecule has 0 saturated carbocycles. The summed E-state index contributed by atoms with van der Waals surface area (Å²) in [6.45, 7) is 8.00. The van der Waals surface area contributed by atoms with Crippen molar-refractivity contribution in [2.75, 3.05) is 19.6 Å². The molecule has 0 radical (unpaired) electrons. The summed E-state index contributed by atoms with van der Waals surface area (Å²) in [5.41, 5.74) is 0. The first-order chi connectivity index (χ1) is 11.8. The van der Waals surface area contributed by atoms with Crippen molar-refractivity contribution in [2.24, 2.45) is 10.9 Å². The smallest absolute Gasteiger partial charge is 0.0851 e. The lowest BCUT2D eigenvalue weighted by atomic mass is 10.0. The molecule has 1 aliphatic heterocycles. The molecule has 0 spiro atoms. The maximum Gasteiger partial charge on any atom is 0.0851 e. The molecule has 0 bridgehead atoms. The van der Waals surface area contributed by atoms with Crippen molar-refractivity contribution in [1.29, 1.82) is 0 Å². The van der Waals surface area contributed by atoms with Crippen LogP contribution < -0.4 is 0 Å². The van der Waals surface area contributed by atoms with Crippen LogP contribution >= 0.6 is 0 Å². The van der Waals surface area contributed by atoms with Crippen LogP contribution in [0.1, 0.15) is 97.3 Å². The Bertz CT molecular complexity index is 322. The van der Waals surface area contributed by atoms with Crippen LogP contribution in [0.5, 0.6) is 0 Å². The van der Waals surface area contributed by atoms with E-state index in [2.05, 4.69) is 35.9 Å². The summed E-state index contributed by atoms with van der Waals surface area (Å²) in [5, 5.41) is 0. The van der Waals surface area contributed by atoms with Crippen LogP contribution in [0, 0.1) is 5.92 Å². The molecular weight excluding hydrogens is 292 g/mol. The van der Waals surface area contributed by atoms with Gasteiger partial charge < -0.3 is 4.90 Å². The van der Waals surface area contributed by atoms with Gasteiger partial charge in [-0.2, -0.15) is 0 Å². The number of unbranched alkanes of at least 4 members (excludes halogenated alkanes) is 10. The van der Waals surface area contributed by atoms with Gasteiger partial charge in [0.15, 0.2) is 0 Å². The molecule has 0 amide bonds. The van der Waals surface area contributed by atoms with Crippen LogP contribution in [0.25, 0.3) is 0 Å². The Morgan fingerprint density at radius 1 is 0.917 bits per heavy atom. The molecule has 140 valence electrons. The molecule has 24 heavy (non-hydrogen) atoms. The Hall–Kier alpha value is -0.790. The van der Waals surface area contributed by atoms with Gasteiger partial charge in [-0.15, -0.1) is 0 Å². The molecule has 0 fully saturated rings. The predicted octanol–water partition coefficient (Wildman–Crippen LogP) is 6.61. The van der Waals surface area contributed by atoms with E-state index in [9.17, 15) is 0 Å². The fourth-order valence-corrected chi connectivity index (χ4v) is 3.43. The van der Waals surface area contributed by atoms with Crippen molar-refractivity contribution in [3.05, 3.63) is 12.2 Å². The molecule has 0 aromatic rings. The Kier molecular flexibility index (Phi) is 13.9. The number of aliphatic imine (C=N–C) groups is 1. The SMILES string of the molecule is CCCCCCCC/C=C\CCCCCCC(C)CN1C=NCC1. The van der Waals surface area contributed by atoms with Gasteiger partial charge in [0.25, 0.3) is 0 Å². The van der Waals surface area contributed by atoms with Crippen LogP contribution in [0.3, 0.4) is 0 Å². The Labute approximate surface area is 151 Å². The average Bonchev–Trinajstić information content (AvgIpc) is 3.08. The second kappa shape index (κ2) is 15.7. The van der Waals surface area contributed by atoms with Gasteiger partial charge in [-0.25, -0.2) is 0 Å². The second-order valence-corrected chi connectivity index (χ2v) is 7.64. The lowest BCUT2D eigenvalue weighted by molar-refractivity contribution is 0.358. The highest BCUT2D eigenvalue weighted by molar-refractivity contribution is 5.56. The molecule has 1 atom stereocenters. The minimum absolute atomic E-state index is 0.812. The maximum atomic E-state index is 4.29. The minimum Gasteiger partial charge on any atom is -0.361 e. The topological polar surface area (TPSA) is 15.6 Å². The van der Waals surface area contributed by atoms with Crippen LogP contribution in [0.15, 0.2) is 17.1 Å². The first kappa shape index (κ1) is 21.3. The lowest BCUT2D eigenvalue weighted by Crippen LogP contribution is -2.25. The van der Waals surface area contributed by atoms with Crippen molar-refractivity contribution in [2.45, 2.75) is 97.3 Å². The van der Waals surface area contributed by atoms with Crippen molar-refractivity contribution in [1.82, 2.24) is 4.90 Å². The molecule has 0 aromatic heterocycles. The fraction of sp³-hybridized carbons (Fsp3) is 0.864. The molecule has 0 N–H and O–H groups in total. The predicted molar refractivity (Wildman–Crippen MR) is 109 cm³/mol. The van der Waals surface area contributed by atoms with Crippen molar-refractivity contribution in [3.63, 3.8) is 0 Å². The van der Waals surface area contributed by atoms with Crippen molar-refractivity contribution >= 4 is 6.34 Å². The van der Waals surface area contributed by atoms with Crippen LogP contribution in [-0.4, -0.2) is 30.9 Å². The van der Waals surface area contributed by atoms with E-state index in [0.717, 1.165) is 19.0 Å². The molecule has 0 aliphatic carbocycles. The van der Waals surface area contributed by atoms with Gasteiger partial charge in [0.2, 0.25) is 0 Å². The van der Waals surface area contributed by atoms with Crippen LogP contribution in [0.4, 0.5) is 0 Å². The first-order valence-electron chi connectivity index (χ1n) is 10.7. The van der Waals surface area contributed by atoms with E-state index in [0.29, 0.717) is 0 Å². The van der Waals surface area contributed by atoms with Gasteiger partial charge in [0.1, 0.15) is 0 Å². The van der Waals surface area contributed by atoms with E-state index in [1.807, 2.05) is 6.34 Å². The van der Waals surface area contributed by atoms with E-state index >= 15 is 0 Å². The monoisotopic (exact) mass is 334 g/mol. The molecule has 0 aromatic carbocycles. The summed E-state index contributed by atoms with van der Waals surface area (Å²) in [6, 6.07) is 0. The van der Waals surface area contributed by atoms with Gasteiger partial charge >= 0.3 is 0 Å². The molecule has 1 aliphatic rings. The normalized spacial score (nSPS) is 15.7. The zero-order valence-electron chi connectivity index (χ0n) is 16.5. The molecular formula is C22H42N2. The molecule has 2 nitrogen and oxygen atoms in total. The van der Waals surface area contributed by atoms with E-state index in [4.69, 9.17) is 0 Å². The summed E-state index contributed by atoms with van der Waals surface area (Å²) in [4.78, 5) is 6.66. The van der Waals surface area contributed by atoms with Crippen LogP contribution in [-0.2, 0) is 0 Å². The zero-order valence-corrected chi connectivity index (χ0v) is 16.5. The summed E-state index contributed by atoms with van der Waals surface area (Å²) in [6.07, 6.45) is 24.9. The van der Waals surface area contributed by atoms with E-state index in [1.54, 1.807) is 0 Å². The van der Waals surface area contributed by atoms with E-state index in [1.165, 1.54) is 90.0 Å². The van der Waals surface area contributed by atoms with Crippen molar-refractivity contribution < 1.29 is 0 Å².